The van der Waals surface area contributed by atoms with Gasteiger partial charge in [-0.1, -0.05) is 35.3 Å². The molecule has 0 spiro atoms. The summed E-state index contributed by atoms with van der Waals surface area (Å²) in [4.78, 5) is 3.09. The molecule has 3 rings (SSSR count). The van der Waals surface area contributed by atoms with E-state index in [4.69, 9.17) is 27.6 Å². The zero-order valence-corrected chi connectivity index (χ0v) is 15.0. The Hall–Kier alpha value is -1.40. The number of rotatable bonds is 5. The molecule has 0 amide bonds. The quantitative estimate of drug-likeness (QED) is 0.613. The summed E-state index contributed by atoms with van der Waals surface area (Å²) >= 11 is 13.6. The molecule has 0 unspecified atom stereocenters. The maximum absolute atomic E-state index is 6.06. The largest absolute Gasteiger partial charge is 0.418 e. The standard InChI is InChI=1S/C16H15Cl2N3OS/c1-10(15-19-20-16(22-15)14-4-3-7-23-14)21(2)9-11-5-6-12(17)13(18)8-11/h3-8,10H,9H2,1-2H3/t10-/m0/s1. The predicted molar refractivity (Wildman–Crippen MR) is 94.0 cm³/mol. The first-order chi connectivity index (χ1) is 11.0. The van der Waals surface area contributed by atoms with Gasteiger partial charge in [0.2, 0.25) is 5.89 Å². The van der Waals surface area contributed by atoms with E-state index in [1.165, 1.54) is 0 Å². The third-order valence-corrected chi connectivity index (χ3v) is 5.20. The number of thiophene rings is 1. The van der Waals surface area contributed by atoms with Gasteiger partial charge in [0.25, 0.3) is 5.89 Å². The Morgan fingerprint density at radius 2 is 2.04 bits per heavy atom. The van der Waals surface area contributed by atoms with E-state index >= 15 is 0 Å². The Kier molecular flexibility index (Phi) is 5.02. The lowest BCUT2D eigenvalue weighted by molar-refractivity contribution is 0.218. The monoisotopic (exact) mass is 367 g/mol. The summed E-state index contributed by atoms with van der Waals surface area (Å²) in [5, 5.41) is 11.4. The van der Waals surface area contributed by atoms with Crippen LogP contribution in [0.5, 0.6) is 0 Å². The van der Waals surface area contributed by atoms with Crippen LogP contribution >= 0.6 is 34.5 Å². The number of nitrogens with zero attached hydrogens (tertiary/aromatic N) is 3. The van der Waals surface area contributed by atoms with E-state index in [-0.39, 0.29) is 6.04 Å². The molecule has 7 heteroatoms. The van der Waals surface area contributed by atoms with Gasteiger partial charge in [0.15, 0.2) is 0 Å². The average molecular weight is 368 g/mol. The van der Waals surface area contributed by atoms with Crippen LogP contribution in [0.15, 0.2) is 40.1 Å². The molecule has 23 heavy (non-hydrogen) atoms. The van der Waals surface area contributed by atoms with Crippen molar-refractivity contribution in [3.63, 3.8) is 0 Å². The summed E-state index contributed by atoms with van der Waals surface area (Å²) in [6.45, 7) is 2.73. The highest BCUT2D eigenvalue weighted by Crippen LogP contribution is 2.28. The predicted octanol–water partition coefficient (Wildman–Crippen LogP) is 5.30. The molecule has 0 radical (unpaired) electrons. The first-order valence-corrected chi connectivity index (χ1v) is 8.69. The van der Waals surface area contributed by atoms with Crippen molar-refractivity contribution in [1.29, 1.82) is 0 Å². The normalized spacial score (nSPS) is 12.7. The highest BCUT2D eigenvalue weighted by Gasteiger charge is 2.19. The van der Waals surface area contributed by atoms with Gasteiger partial charge in [-0.15, -0.1) is 21.5 Å². The van der Waals surface area contributed by atoms with Gasteiger partial charge in [-0.05, 0) is 43.1 Å². The van der Waals surface area contributed by atoms with Crippen LogP contribution in [0.1, 0.15) is 24.4 Å². The molecule has 0 aliphatic heterocycles. The summed E-state index contributed by atoms with van der Waals surface area (Å²) in [5.41, 5.74) is 1.08. The zero-order valence-electron chi connectivity index (χ0n) is 12.7. The summed E-state index contributed by atoms with van der Waals surface area (Å²) < 4.78 is 5.79. The number of hydrogen-bond donors (Lipinski definition) is 0. The van der Waals surface area contributed by atoms with Gasteiger partial charge in [0.05, 0.1) is 21.0 Å². The van der Waals surface area contributed by atoms with Crippen molar-refractivity contribution >= 4 is 34.5 Å². The minimum Gasteiger partial charge on any atom is -0.418 e. The Morgan fingerprint density at radius 1 is 1.22 bits per heavy atom. The topological polar surface area (TPSA) is 42.2 Å². The molecule has 0 N–H and O–H groups in total. The Labute approximate surface area is 148 Å². The molecule has 0 fully saturated rings. The molecule has 0 aliphatic rings. The molecule has 2 aromatic heterocycles. The second kappa shape index (κ2) is 7.01. The zero-order chi connectivity index (χ0) is 16.4. The average Bonchev–Trinajstić information content (AvgIpc) is 3.20. The number of halogens is 2. The maximum Gasteiger partial charge on any atom is 0.257 e. The molecule has 3 aromatic rings. The van der Waals surface area contributed by atoms with Gasteiger partial charge < -0.3 is 4.42 Å². The summed E-state index contributed by atoms with van der Waals surface area (Å²) in [6.07, 6.45) is 0. The SMILES string of the molecule is C[C@@H](c1nnc(-c2cccs2)o1)N(C)Cc1ccc(Cl)c(Cl)c1. The fourth-order valence-corrected chi connectivity index (χ4v) is 3.12. The molecule has 0 aliphatic carbocycles. The Bertz CT molecular complexity index is 788. The molecule has 0 saturated heterocycles. The first kappa shape index (κ1) is 16.5. The molecule has 2 heterocycles. The van der Waals surface area contributed by atoms with Crippen molar-refractivity contribution in [3.05, 3.63) is 57.2 Å². The van der Waals surface area contributed by atoms with Crippen LogP contribution in [-0.4, -0.2) is 22.1 Å². The third-order valence-electron chi connectivity index (χ3n) is 3.61. The fraction of sp³-hybridized carbons (Fsp3) is 0.250. The van der Waals surface area contributed by atoms with Gasteiger partial charge in [0.1, 0.15) is 0 Å². The van der Waals surface area contributed by atoms with Crippen molar-refractivity contribution in [2.45, 2.75) is 19.5 Å². The van der Waals surface area contributed by atoms with Gasteiger partial charge in [-0.2, -0.15) is 0 Å². The number of aromatic nitrogens is 2. The fourth-order valence-electron chi connectivity index (χ4n) is 2.15. The Morgan fingerprint density at radius 3 is 2.74 bits per heavy atom. The van der Waals surface area contributed by atoms with E-state index in [0.29, 0.717) is 28.4 Å². The van der Waals surface area contributed by atoms with Gasteiger partial charge >= 0.3 is 0 Å². The summed E-state index contributed by atoms with van der Waals surface area (Å²) in [5.74, 6) is 1.15. The van der Waals surface area contributed by atoms with Crippen molar-refractivity contribution in [2.75, 3.05) is 7.05 Å². The van der Waals surface area contributed by atoms with Crippen LogP contribution in [0.25, 0.3) is 10.8 Å². The van der Waals surface area contributed by atoms with Crippen LogP contribution in [0, 0.1) is 0 Å². The van der Waals surface area contributed by atoms with Gasteiger partial charge in [-0.3, -0.25) is 4.90 Å². The molecule has 0 bridgehead atoms. The highest BCUT2D eigenvalue weighted by atomic mass is 35.5. The molecule has 1 atom stereocenters. The van der Waals surface area contributed by atoms with E-state index in [2.05, 4.69) is 15.1 Å². The van der Waals surface area contributed by atoms with Crippen LogP contribution in [0.3, 0.4) is 0 Å². The van der Waals surface area contributed by atoms with Crippen LogP contribution < -0.4 is 0 Å². The first-order valence-electron chi connectivity index (χ1n) is 7.06. The lowest BCUT2D eigenvalue weighted by Gasteiger charge is -2.21. The molecular formula is C16H15Cl2N3OS. The van der Waals surface area contributed by atoms with Crippen molar-refractivity contribution in [1.82, 2.24) is 15.1 Å². The van der Waals surface area contributed by atoms with Crippen LogP contribution in [0.4, 0.5) is 0 Å². The summed E-state index contributed by atoms with van der Waals surface area (Å²) in [7, 11) is 2.00. The molecular weight excluding hydrogens is 353 g/mol. The lowest BCUT2D eigenvalue weighted by Crippen LogP contribution is -2.22. The Balaban J connectivity index is 1.72. The minimum absolute atomic E-state index is 0.00864. The molecule has 120 valence electrons. The van der Waals surface area contributed by atoms with Crippen molar-refractivity contribution < 1.29 is 4.42 Å². The van der Waals surface area contributed by atoms with Crippen LogP contribution in [-0.2, 0) is 6.54 Å². The molecule has 4 nitrogen and oxygen atoms in total. The summed E-state index contributed by atoms with van der Waals surface area (Å²) in [6, 6.07) is 9.56. The minimum atomic E-state index is -0.00864. The van der Waals surface area contributed by atoms with Gasteiger partial charge in [0, 0.05) is 6.54 Å². The number of hydrogen-bond acceptors (Lipinski definition) is 5. The maximum atomic E-state index is 6.06. The van der Waals surface area contributed by atoms with Gasteiger partial charge in [-0.25, -0.2) is 0 Å². The smallest absolute Gasteiger partial charge is 0.257 e. The van der Waals surface area contributed by atoms with E-state index < -0.39 is 0 Å². The van der Waals surface area contributed by atoms with E-state index in [1.807, 2.05) is 43.6 Å². The van der Waals surface area contributed by atoms with E-state index in [9.17, 15) is 0 Å². The van der Waals surface area contributed by atoms with Crippen molar-refractivity contribution in [3.8, 4) is 10.8 Å². The number of benzene rings is 1. The molecule has 0 saturated carbocycles. The molecule has 1 aromatic carbocycles. The lowest BCUT2D eigenvalue weighted by atomic mass is 10.2. The van der Waals surface area contributed by atoms with E-state index in [1.54, 1.807) is 17.4 Å². The highest BCUT2D eigenvalue weighted by molar-refractivity contribution is 7.13. The second-order valence-corrected chi connectivity index (χ2v) is 7.02. The van der Waals surface area contributed by atoms with E-state index in [0.717, 1.165) is 10.4 Å². The van der Waals surface area contributed by atoms with Crippen LogP contribution in [0.2, 0.25) is 10.0 Å². The second-order valence-electron chi connectivity index (χ2n) is 5.26. The third kappa shape index (κ3) is 3.75. The van der Waals surface area contributed by atoms with Crippen molar-refractivity contribution in [2.24, 2.45) is 0 Å².